The third kappa shape index (κ3) is 12.7. The monoisotopic (exact) mass is 1020 g/mol. The van der Waals surface area contributed by atoms with Crippen molar-refractivity contribution in [3.8, 4) is 12.1 Å². The second-order valence-corrected chi connectivity index (χ2v) is 22.8. The highest BCUT2D eigenvalue weighted by Crippen LogP contribution is 2.33. The molecular formula is C39H39Cl5N6O8S4. The van der Waals surface area contributed by atoms with Gasteiger partial charge in [0.1, 0.15) is 15.4 Å². The van der Waals surface area contributed by atoms with Gasteiger partial charge in [-0.05, 0) is 93.6 Å². The molecule has 0 bridgehead atoms. The molecule has 1 N–H and O–H groups in total. The number of nitriles is 2. The summed E-state index contributed by atoms with van der Waals surface area (Å²) < 4.78 is 87.7. The Morgan fingerprint density at radius 2 is 1.02 bits per heavy atom. The van der Waals surface area contributed by atoms with Crippen LogP contribution in [0.2, 0.25) is 20.1 Å². The van der Waals surface area contributed by atoms with Crippen LogP contribution in [0.4, 0.5) is 4.79 Å². The zero-order chi connectivity index (χ0) is 44.9. The fraction of sp³-hybridized carbons (Fsp3) is 0.308. The first-order chi connectivity index (χ1) is 28.6. The second kappa shape index (κ2) is 21.6. The topological polar surface area (TPSA) is 198 Å². The van der Waals surface area contributed by atoms with Crippen LogP contribution in [0, 0.1) is 22.7 Å². The molecule has 0 saturated carbocycles. The molecule has 0 aliphatic carbocycles. The van der Waals surface area contributed by atoms with Crippen LogP contribution in [-0.2, 0) is 46.4 Å². The van der Waals surface area contributed by atoms with E-state index in [-0.39, 0.29) is 89.1 Å². The molecule has 62 heavy (non-hydrogen) atoms. The van der Waals surface area contributed by atoms with Crippen LogP contribution in [0.15, 0.2) is 102 Å². The summed E-state index contributed by atoms with van der Waals surface area (Å²) in [4.78, 5) is 14.0. The Kier molecular flexibility index (Phi) is 17.8. The van der Waals surface area contributed by atoms with Crippen LogP contribution >= 0.6 is 58.8 Å². The van der Waals surface area contributed by atoms with Crippen molar-refractivity contribution in [2.24, 2.45) is 0 Å². The molecule has 2 fully saturated rings. The van der Waals surface area contributed by atoms with Gasteiger partial charge in [0.2, 0.25) is 20.0 Å². The minimum atomic E-state index is -4.14. The van der Waals surface area contributed by atoms with E-state index in [2.05, 4.69) is 5.32 Å². The van der Waals surface area contributed by atoms with E-state index < -0.39 is 53.3 Å². The summed E-state index contributed by atoms with van der Waals surface area (Å²) >= 11 is 24.0. The summed E-state index contributed by atoms with van der Waals surface area (Å²) in [7, 11) is -11.8. The maximum Gasteiger partial charge on any atom is 0.410 e. The highest BCUT2D eigenvalue weighted by atomic mass is 35.5. The average Bonchev–Trinajstić information content (AvgIpc) is 3.22. The Hall–Kier alpha value is -3.34. The van der Waals surface area contributed by atoms with Crippen molar-refractivity contribution in [2.75, 3.05) is 52.4 Å². The third-order valence-electron chi connectivity index (χ3n) is 8.85. The van der Waals surface area contributed by atoms with Crippen LogP contribution < -0.4 is 5.32 Å². The summed E-state index contributed by atoms with van der Waals surface area (Å²) in [6.45, 7) is 7.22. The number of halogens is 5. The first-order valence-corrected chi connectivity index (χ1v) is 24.9. The molecule has 0 radical (unpaired) electrons. The molecule has 2 atom stereocenters. The normalized spacial score (nSPS) is 16.0. The molecule has 6 rings (SSSR count). The number of piperazine rings is 2. The Labute approximate surface area is 392 Å². The fourth-order valence-electron chi connectivity index (χ4n) is 5.99. The van der Waals surface area contributed by atoms with Gasteiger partial charge in [-0.3, -0.25) is 0 Å². The van der Waals surface area contributed by atoms with Gasteiger partial charge < -0.3 is 15.0 Å². The molecule has 23 heteroatoms. The smallest absolute Gasteiger partial charge is 0.410 e. The number of carbonyl (C=O) groups excluding carboxylic acids is 1. The Balaban J connectivity index is 0.000000275. The molecule has 4 aromatic carbocycles. The van der Waals surface area contributed by atoms with Crippen LogP contribution in [0.3, 0.4) is 0 Å². The number of nitrogens with zero attached hydrogens (tertiary/aromatic N) is 5. The molecule has 1 amide bonds. The summed E-state index contributed by atoms with van der Waals surface area (Å²) in [6, 6.07) is 20.7. The van der Waals surface area contributed by atoms with Crippen LogP contribution in [-0.4, -0.2) is 103 Å². The number of benzene rings is 4. The Morgan fingerprint density at radius 3 is 1.37 bits per heavy atom. The number of hydrogen-bond acceptors (Lipinski definition) is 11. The minimum absolute atomic E-state index is 0. The SMILES string of the molecule is CC(C)(C)OC(=O)N1CCN(S(=O)(=O)c2cc(C#N)ccc2S(=O)c2cc(Cl)cc(Cl)c2)CC1.Cl.N#Cc1ccc(S(=O)c2cc(Cl)cc(Cl)c2)c(S(=O)(=O)N2CCNCC2)c1. The van der Waals surface area contributed by atoms with E-state index >= 15 is 0 Å². The summed E-state index contributed by atoms with van der Waals surface area (Å²) in [5.74, 6) is 0. The standard InChI is InChI=1S/C22H23Cl2N3O5S2.C17H15Cl2N3O3S2.ClH/c1-22(2,3)32-21(28)26-6-8-27(9-7-26)34(30,31)20-10-15(14-25)4-5-19(20)33(29)18-12-16(23)11-17(24)13-18;18-13-8-14(19)10-15(9-13)26(23)16-2-1-12(11-20)7-17(16)27(24,25)22-5-3-21-4-6-22;/h4-5,10-13H,6-9H2,1-3H3;1-2,7-10,21H,3-6H2;1H. The number of nitrogens with one attached hydrogen (secondary N) is 1. The van der Waals surface area contributed by atoms with Crippen LogP contribution in [0.5, 0.6) is 0 Å². The molecule has 0 aromatic heterocycles. The Morgan fingerprint density at radius 1 is 0.645 bits per heavy atom. The second-order valence-electron chi connectivity index (χ2n) is 14.3. The molecule has 2 saturated heterocycles. The minimum Gasteiger partial charge on any atom is -0.444 e. The van der Waals surface area contributed by atoms with E-state index in [1.165, 1.54) is 86.3 Å². The van der Waals surface area contributed by atoms with Gasteiger partial charge in [0.15, 0.2) is 0 Å². The van der Waals surface area contributed by atoms with E-state index in [1.807, 2.05) is 12.1 Å². The lowest BCUT2D eigenvalue weighted by molar-refractivity contribution is 0.0192. The van der Waals surface area contributed by atoms with Gasteiger partial charge in [0, 0.05) is 82.2 Å². The van der Waals surface area contributed by atoms with E-state index in [9.17, 15) is 40.6 Å². The number of carbonyl (C=O) groups is 1. The van der Waals surface area contributed by atoms with Crippen molar-refractivity contribution in [1.29, 1.82) is 10.5 Å². The van der Waals surface area contributed by atoms with Gasteiger partial charge in [-0.25, -0.2) is 30.0 Å². The molecule has 4 aromatic rings. The lowest BCUT2D eigenvalue weighted by atomic mass is 10.2. The van der Waals surface area contributed by atoms with E-state index in [0.717, 1.165) is 0 Å². The van der Waals surface area contributed by atoms with Crippen molar-refractivity contribution in [1.82, 2.24) is 18.8 Å². The zero-order valence-electron chi connectivity index (χ0n) is 33.1. The number of rotatable bonds is 8. The van der Waals surface area contributed by atoms with Gasteiger partial charge in [-0.1, -0.05) is 46.4 Å². The maximum atomic E-state index is 13.5. The van der Waals surface area contributed by atoms with Gasteiger partial charge in [0.05, 0.1) is 54.7 Å². The highest BCUT2D eigenvalue weighted by molar-refractivity contribution is 7.91. The molecule has 2 heterocycles. The van der Waals surface area contributed by atoms with E-state index in [0.29, 0.717) is 36.2 Å². The lowest BCUT2D eigenvalue weighted by Gasteiger charge is -2.35. The van der Waals surface area contributed by atoms with Crippen LogP contribution in [0.25, 0.3) is 0 Å². The number of amides is 1. The van der Waals surface area contributed by atoms with Crippen molar-refractivity contribution in [3.63, 3.8) is 0 Å². The molecule has 2 unspecified atom stereocenters. The first-order valence-electron chi connectivity index (χ1n) is 18.2. The van der Waals surface area contributed by atoms with Crippen molar-refractivity contribution < 1.29 is 34.8 Å². The first kappa shape index (κ1) is 51.3. The zero-order valence-corrected chi connectivity index (χ0v) is 40.2. The Bertz CT molecular complexity index is 2650. The largest absolute Gasteiger partial charge is 0.444 e. The molecule has 2 aliphatic rings. The van der Waals surface area contributed by atoms with Gasteiger partial charge in [0.25, 0.3) is 0 Å². The predicted octanol–water partition coefficient (Wildman–Crippen LogP) is 7.32. The van der Waals surface area contributed by atoms with Gasteiger partial charge in [-0.15, -0.1) is 12.4 Å². The number of sulfonamides is 2. The van der Waals surface area contributed by atoms with Crippen LogP contribution in [0.1, 0.15) is 31.9 Å². The van der Waals surface area contributed by atoms with E-state index in [4.69, 9.17) is 51.1 Å². The average molecular weight is 1030 g/mol. The molecule has 0 spiro atoms. The molecule has 332 valence electrons. The predicted molar refractivity (Wildman–Crippen MR) is 240 cm³/mol. The fourth-order valence-corrected chi connectivity index (χ4v) is 13.8. The molecule has 14 nitrogen and oxygen atoms in total. The number of hydrogen-bond donors (Lipinski definition) is 1. The van der Waals surface area contributed by atoms with Crippen molar-refractivity contribution in [3.05, 3.63) is 104 Å². The summed E-state index contributed by atoms with van der Waals surface area (Å²) in [6.07, 6.45) is -0.518. The quantitative estimate of drug-likeness (QED) is 0.186. The molecule has 2 aliphatic heterocycles. The van der Waals surface area contributed by atoms with E-state index in [1.54, 1.807) is 20.8 Å². The summed E-state index contributed by atoms with van der Waals surface area (Å²) in [5, 5.41) is 22.7. The highest BCUT2D eigenvalue weighted by Gasteiger charge is 2.35. The van der Waals surface area contributed by atoms with Crippen molar-refractivity contribution in [2.45, 2.75) is 55.7 Å². The summed E-state index contributed by atoms with van der Waals surface area (Å²) in [5.41, 5.74) is -0.385. The van der Waals surface area contributed by atoms with Gasteiger partial charge in [-0.2, -0.15) is 19.1 Å². The van der Waals surface area contributed by atoms with Gasteiger partial charge >= 0.3 is 6.09 Å². The molecular weight excluding hydrogens is 986 g/mol. The maximum absolute atomic E-state index is 13.5. The lowest BCUT2D eigenvalue weighted by Crippen LogP contribution is -2.51. The van der Waals surface area contributed by atoms with Crippen molar-refractivity contribution >= 4 is 107 Å². The number of ether oxygens (including phenoxy) is 1. The third-order valence-corrected chi connectivity index (χ3v) is 16.7.